The van der Waals surface area contributed by atoms with Crippen LogP contribution in [-0.4, -0.2) is 25.7 Å². The topological polar surface area (TPSA) is 47.6 Å². The highest BCUT2D eigenvalue weighted by Crippen LogP contribution is 2.43. The molecule has 5 heteroatoms. The molecule has 1 saturated carbocycles. The van der Waals surface area contributed by atoms with E-state index in [0.29, 0.717) is 25.3 Å². The fourth-order valence-corrected chi connectivity index (χ4v) is 4.45. The molecule has 1 heterocycles. The molecule has 1 N–H and O–H groups in total. The molecule has 0 aromatic heterocycles. The number of rotatable bonds is 4. The Hall–Kier alpha value is -2.01. The Morgan fingerprint density at radius 3 is 2.54 bits per heavy atom. The van der Waals surface area contributed by atoms with Crippen molar-refractivity contribution in [3.8, 4) is 11.5 Å². The minimum absolute atomic E-state index is 0.0350. The molecule has 0 bridgehead atoms. The maximum atomic E-state index is 12.6. The van der Waals surface area contributed by atoms with Gasteiger partial charge >= 0.3 is 0 Å². The van der Waals surface area contributed by atoms with Crippen molar-refractivity contribution in [1.82, 2.24) is 5.32 Å². The summed E-state index contributed by atoms with van der Waals surface area (Å²) in [7, 11) is 0. The van der Waals surface area contributed by atoms with Crippen LogP contribution in [0.5, 0.6) is 11.5 Å². The van der Waals surface area contributed by atoms with Gasteiger partial charge < -0.3 is 14.8 Å². The highest BCUT2D eigenvalue weighted by Gasteiger charge is 2.37. The first-order valence-corrected chi connectivity index (χ1v) is 9.90. The Labute approximate surface area is 162 Å². The Morgan fingerprint density at radius 1 is 1.04 bits per heavy atom. The largest absolute Gasteiger partial charge is 0.486 e. The van der Waals surface area contributed by atoms with Crippen molar-refractivity contribution >= 4 is 21.8 Å². The van der Waals surface area contributed by atoms with Gasteiger partial charge in [0.1, 0.15) is 13.2 Å². The number of benzene rings is 2. The molecular weight excluding hydrogens is 394 g/mol. The zero-order valence-corrected chi connectivity index (χ0v) is 16.2. The molecule has 1 aliphatic heterocycles. The van der Waals surface area contributed by atoms with Crippen LogP contribution in [0.15, 0.2) is 46.9 Å². The van der Waals surface area contributed by atoms with Gasteiger partial charge in [0.15, 0.2) is 11.5 Å². The van der Waals surface area contributed by atoms with E-state index in [1.807, 2.05) is 30.3 Å². The lowest BCUT2D eigenvalue weighted by Gasteiger charge is -2.31. The van der Waals surface area contributed by atoms with Gasteiger partial charge in [0, 0.05) is 16.4 Å². The third-order valence-electron chi connectivity index (χ3n) is 5.42. The first-order chi connectivity index (χ1) is 12.7. The van der Waals surface area contributed by atoms with Gasteiger partial charge in [-0.15, -0.1) is 0 Å². The van der Waals surface area contributed by atoms with Gasteiger partial charge in [0.25, 0.3) is 5.91 Å². The molecule has 4 rings (SSSR count). The lowest BCUT2D eigenvalue weighted by Crippen LogP contribution is -2.39. The summed E-state index contributed by atoms with van der Waals surface area (Å²) in [6.45, 7) is 1.81. The summed E-state index contributed by atoms with van der Waals surface area (Å²) in [5.41, 5.74) is 1.86. The summed E-state index contributed by atoms with van der Waals surface area (Å²) in [5.74, 6) is 1.59. The van der Waals surface area contributed by atoms with Crippen molar-refractivity contribution in [2.75, 3.05) is 19.8 Å². The van der Waals surface area contributed by atoms with Gasteiger partial charge in [-0.25, -0.2) is 0 Å². The molecule has 2 aromatic carbocycles. The van der Waals surface area contributed by atoms with E-state index in [2.05, 4.69) is 33.4 Å². The molecule has 1 amide bonds. The second-order valence-electron chi connectivity index (χ2n) is 7.01. The molecule has 2 aliphatic rings. The molecular formula is C21H22BrNO3. The standard InChI is InChI=1S/C21H22BrNO3/c22-17-6-2-1-5-16(17)20(24)23-14-21(9-3-4-10-21)15-7-8-18-19(13-15)26-12-11-25-18/h1-2,5-8,13H,3-4,9-12,14H2,(H,23,24). The maximum Gasteiger partial charge on any atom is 0.252 e. The van der Waals surface area contributed by atoms with E-state index < -0.39 is 0 Å². The number of amides is 1. The minimum Gasteiger partial charge on any atom is -0.486 e. The first-order valence-electron chi connectivity index (χ1n) is 9.11. The van der Waals surface area contributed by atoms with Crippen molar-refractivity contribution < 1.29 is 14.3 Å². The van der Waals surface area contributed by atoms with Crippen molar-refractivity contribution in [3.05, 3.63) is 58.1 Å². The predicted octanol–water partition coefficient (Wildman–Crippen LogP) is 4.46. The van der Waals surface area contributed by atoms with Gasteiger partial charge in [0.05, 0.1) is 5.56 Å². The Balaban J connectivity index is 1.55. The van der Waals surface area contributed by atoms with E-state index >= 15 is 0 Å². The molecule has 1 aliphatic carbocycles. The highest BCUT2D eigenvalue weighted by molar-refractivity contribution is 9.10. The lowest BCUT2D eigenvalue weighted by atomic mass is 9.78. The lowest BCUT2D eigenvalue weighted by molar-refractivity contribution is 0.0942. The number of carbonyl (C=O) groups is 1. The van der Waals surface area contributed by atoms with E-state index in [0.717, 1.165) is 28.8 Å². The molecule has 0 unspecified atom stereocenters. The molecule has 136 valence electrons. The van der Waals surface area contributed by atoms with Crippen LogP contribution < -0.4 is 14.8 Å². The van der Waals surface area contributed by atoms with Gasteiger partial charge in [-0.1, -0.05) is 31.0 Å². The third kappa shape index (κ3) is 3.32. The van der Waals surface area contributed by atoms with Gasteiger partial charge in [-0.05, 0) is 58.6 Å². The zero-order chi connectivity index (χ0) is 18.0. The predicted molar refractivity (Wildman–Crippen MR) is 104 cm³/mol. The molecule has 0 atom stereocenters. The second kappa shape index (κ2) is 7.31. The average molecular weight is 416 g/mol. The van der Waals surface area contributed by atoms with Crippen LogP contribution in [0.3, 0.4) is 0 Å². The summed E-state index contributed by atoms with van der Waals surface area (Å²) in [4.78, 5) is 12.6. The average Bonchev–Trinajstić information content (AvgIpc) is 3.16. The number of hydrogen-bond donors (Lipinski definition) is 1. The van der Waals surface area contributed by atoms with E-state index in [9.17, 15) is 4.79 Å². The smallest absolute Gasteiger partial charge is 0.252 e. The quantitative estimate of drug-likeness (QED) is 0.801. The summed E-state index contributed by atoms with van der Waals surface area (Å²) in [6, 6.07) is 13.7. The van der Waals surface area contributed by atoms with Crippen LogP contribution in [0.25, 0.3) is 0 Å². The maximum absolute atomic E-state index is 12.6. The normalized spacial score (nSPS) is 17.7. The SMILES string of the molecule is O=C(NCC1(c2ccc3c(c2)OCCO3)CCCC1)c1ccccc1Br. The van der Waals surface area contributed by atoms with E-state index in [-0.39, 0.29) is 11.3 Å². The van der Waals surface area contributed by atoms with Crippen LogP contribution in [0.1, 0.15) is 41.6 Å². The molecule has 26 heavy (non-hydrogen) atoms. The van der Waals surface area contributed by atoms with Crippen LogP contribution in [0.2, 0.25) is 0 Å². The molecule has 4 nitrogen and oxygen atoms in total. The van der Waals surface area contributed by atoms with E-state index in [1.165, 1.54) is 18.4 Å². The van der Waals surface area contributed by atoms with Gasteiger partial charge in [-0.3, -0.25) is 4.79 Å². The highest BCUT2D eigenvalue weighted by atomic mass is 79.9. The first kappa shape index (κ1) is 17.4. The van der Waals surface area contributed by atoms with Crippen molar-refractivity contribution in [3.63, 3.8) is 0 Å². The fourth-order valence-electron chi connectivity index (χ4n) is 3.98. The summed E-state index contributed by atoms with van der Waals surface area (Å²) in [6.07, 6.45) is 4.50. The van der Waals surface area contributed by atoms with Crippen LogP contribution >= 0.6 is 15.9 Å². The number of carbonyl (C=O) groups excluding carboxylic acids is 1. The number of halogens is 1. The van der Waals surface area contributed by atoms with Crippen molar-refractivity contribution in [2.24, 2.45) is 0 Å². The summed E-state index contributed by atoms with van der Waals surface area (Å²) >= 11 is 3.46. The fraction of sp³-hybridized carbons (Fsp3) is 0.381. The molecule has 0 saturated heterocycles. The zero-order valence-electron chi connectivity index (χ0n) is 14.6. The minimum atomic E-state index is -0.0405. The Morgan fingerprint density at radius 2 is 1.77 bits per heavy atom. The Bertz CT molecular complexity index is 815. The van der Waals surface area contributed by atoms with Crippen LogP contribution in [0.4, 0.5) is 0 Å². The second-order valence-corrected chi connectivity index (χ2v) is 7.86. The number of ether oxygens (including phenoxy) is 2. The summed E-state index contributed by atoms with van der Waals surface area (Å²) < 4.78 is 12.2. The molecule has 1 fully saturated rings. The van der Waals surface area contributed by atoms with Crippen molar-refractivity contribution in [1.29, 1.82) is 0 Å². The third-order valence-corrected chi connectivity index (χ3v) is 6.11. The molecule has 2 aromatic rings. The monoisotopic (exact) mass is 415 g/mol. The number of hydrogen-bond acceptors (Lipinski definition) is 3. The Kier molecular flexibility index (Phi) is 4.90. The van der Waals surface area contributed by atoms with Gasteiger partial charge in [-0.2, -0.15) is 0 Å². The number of nitrogens with one attached hydrogen (secondary N) is 1. The number of fused-ring (bicyclic) bond motifs is 1. The van der Waals surface area contributed by atoms with E-state index in [4.69, 9.17) is 9.47 Å². The molecule has 0 spiro atoms. The van der Waals surface area contributed by atoms with Crippen molar-refractivity contribution in [2.45, 2.75) is 31.1 Å². The summed E-state index contributed by atoms with van der Waals surface area (Å²) in [5, 5.41) is 3.16. The molecule has 0 radical (unpaired) electrons. The van der Waals surface area contributed by atoms with Crippen LogP contribution in [-0.2, 0) is 5.41 Å². The van der Waals surface area contributed by atoms with Crippen LogP contribution in [0, 0.1) is 0 Å². The van der Waals surface area contributed by atoms with Gasteiger partial charge in [0.2, 0.25) is 0 Å². The van der Waals surface area contributed by atoms with E-state index in [1.54, 1.807) is 0 Å².